The summed E-state index contributed by atoms with van der Waals surface area (Å²) in [6, 6.07) is 3.81. The molecule has 0 aliphatic heterocycles. The smallest absolute Gasteiger partial charge is 0.203 e. The van der Waals surface area contributed by atoms with E-state index in [9.17, 15) is 0 Å². The van der Waals surface area contributed by atoms with Crippen molar-refractivity contribution in [2.45, 2.75) is 4.90 Å². The van der Waals surface area contributed by atoms with Crippen LogP contribution in [-0.2, 0) is 0 Å². The Kier molecular flexibility index (Phi) is 4.98. The Morgan fingerprint density at radius 1 is 1.07 bits per heavy atom. The van der Waals surface area contributed by atoms with Crippen molar-refractivity contribution >= 4 is 24.4 Å². The van der Waals surface area contributed by atoms with E-state index in [0.717, 1.165) is 4.90 Å². The summed E-state index contributed by atoms with van der Waals surface area (Å²) in [6.07, 6.45) is 0. The van der Waals surface area contributed by atoms with E-state index < -0.39 is 0 Å². The minimum absolute atomic E-state index is 0.614. The largest absolute Gasteiger partial charge is 0.493 e. The van der Waals surface area contributed by atoms with Gasteiger partial charge in [0.15, 0.2) is 11.5 Å². The second kappa shape index (κ2) is 6.02. The quantitative estimate of drug-likeness (QED) is 0.491. The minimum atomic E-state index is 0.614. The van der Waals surface area contributed by atoms with Crippen LogP contribution in [0.25, 0.3) is 0 Å². The van der Waals surface area contributed by atoms with Gasteiger partial charge in [0.25, 0.3) is 0 Å². The molecule has 0 bridgehead atoms. The van der Waals surface area contributed by atoms with Crippen molar-refractivity contribution in [3.05, 3.63) is 12.1 Å². The molecular formula is C10H14O3S2. The third-order valence-corrected chi connectivity index (χ3v) is 2.95. The van der Waals surface area contributed by atoms with Gasteiger partial charge >= 0.3 is 0 Å². The summed E-state index contributed by atoms with van der Waals surface area (Å²) in [4.78, 5) is 1.04. The lowest BCUT2D eigenvalue weighted by Gasteiger charge is -2.13. The Labute approximate surface area is 99.5 Å². The zero-order chi connectivity index (χ0) is 11.3. The first-order valence-electron chi connectivity index (χ1n) is 4.30. The highest BCUT2D eigenvalue weighted by atomic mass is 32.2. The van der Waals surface area contributed by atoms with Crippen LogP contribution >= 0.6 is 24.4 Å². The Morgan fingerprint density at radius 2 is 1.60 bits per heavy atom. The fourth-order valence-corrected chi connectivity index (χ4v) is 2.19. The van der Waals surface area contributed by atoms with Crippen molar-refractivity contribution in [1.82, 2.24) is 0 Å². The molecule has 0 aliphatic carbocycles. The summed E-state index contributed by atoms with van der Waals surface area (Å²) in [5, 5.41) is 0.707. The molecule has 0 fully saturated rings. The average molecular weight is 246 g/mol. The highest BCUT2D eigenvalue weighted by molar-refractivity contribution is 8.09. The predicted octanol–water partition coefficient (Wildman–Crippen LogP) is 2.69. The Bertz CT molecular complexity index is 303. The van der Waals surface area contributed by atoms with E-state index in [-0.39, 0.29) is 0 Å². The number of hydrogen-bond acceptors (Lipinski definition) is 5. The first-order valence-corrected chi connectivity index (χ1v) is 5.92. The van der Waals surface area contributed by atoms with Gasteiger partial charge < -0.3 is 14.2 Å². The molecule has 0 unspecified atom stereocenters. The molecule has 1 aromatic carbocycles. The zero-order valence-corrected chi connectivity index (χ0v) is 10.7. The monoisotopic (exact) mass is 246 g/mol. The number of thiol groups is 1. The van der Waals surface area contributed by atoms with Crippen molar-refractivity contribution < 1.29 is 14.2 Å². The van der Waals surface area contributed by atoms with Gasteiger partial charge in [0.1, 0.15) is 0 Å². The molecule has 0 aliphatic rings. The van der Waals surface area contributed by atoms with Gasteiger partial charge in [0, 0.05) is 9.98 Å². The molecule has 0 radical (unpaired) electrons. The molecule has 0 saturated heterocycles. The molecule has 15 heavy (non-hydrogen) atoms. The van der Waals surface area contributed by atoms with Crippen LogP contribution in [0.5, 0.6) is 17.2 Å². The minimum Gasteiger partial charge on any atom is -0.493 e. The molecule has 0 N–H and O–H groups in total. The molecule has 84 valence electrons. The molecular weight excluding hydrogens is 232 g/mol. The summed E-state index contributed by atoms with van der Waals surface area (Å²) < 4.78 is 15.7. The number of ether oxygens (including phenoxy) is 3. The van der Waals surface area contributed by atoms with Crippen molar-refractivity contribution in [3.63, 3.8) is 0 Å². The third kappa shape index (κ3) is 2.89. The third-order valence-electron chi connectivity index (χ3n) is 1.87. The van der Waals surface area contributed by atoms with Gasteiger partial charge in [-0.15, -0.1) is 11.8 Å². The standard InChI is InChI=1S/C10H14O3S2/c1-11-8-4-7(15-6-14)5-9(12-2)10(8)13-3/h4-5,14H,6H2,1-3H3. The van der Waals surface area contributed by atoms with Crippen LogP contribution in [0.15, 0.2) is 17.0 Å². The second-order valence-electron chi connectivity index (χ2n) is 2.63. The van der Waals surface area contributed by atoms with Crippen LogP contribution in [0.2, 0.25) is 0 Å². The molecule has 5 heteroatoms. The summed E-state index contributed by atoms with van der Waals surface area (Å²) in [5.41, 5.74) is 0. The van der Waals surface area contributed by atoms with E-state index in [2.05, 4.69) is 12.6 Å². The lowest BCUT2D eigenvalue weighted by atomic mass is 10.3. The molecule has 0 aromatic heterocycles. The summed E-state index contributed by atoms with van der Waals surface area (Å²) in [5.74, 6) is 1.95. The molecule has 1 rings (SSSR count). The molecule has 0 spiro atoms. The van der Waals surface area contributed by atoms with Gasteiger partial charge in [0.2, 0.25) is 5.75 Å². The Morgan fingerprint density at radius 3 is 1.93 bits per heavy atom. The van der Waals surface area contributed by atoms with Crippen LogP contribution in [0.3, 0.4) is 0 Å². The molecule has 1 aromatic rings. The lowest BCUT2D eigenvalue weighted by molar-refractivity contribution is 0.323. The van der Waals surface area contributed by atoms with E-state index in [1.165, 1.54) is 0 Å². The zero-order valence-electron chi connectivity index (χ0n) is 8.94. The van der Waals surface area contributed by atoms with Gasteiger partial charge in [-0.25, -0.2) is 0 Å². The van der Waals surface area contributed by atoms with Crippen molar-refractivity contribution in [2.24, 2.45) is 0 Å². The van der Waals surface area contributed by atoms with Crippen molar-refractivity contribution in [3.8, 4) is 17.2 Å². The number of benzene rings is 1. The fraction of sp³-hybridized carbons (Fsp3) is 0.400. The first kappa shape index (κ1) is 12.4. The van der Waals surface area contributed by atoms with Gasteiger partial charge in [-0.2, -0.15) is 12.6 Å². The maximum absolute atomic E-state index is 5.22. The highest BCUT2D eigenvalue weighted by Gasteiger charge is 2.12. The van der Waals surface area contributed by atoms with Gasteiger partial charge in [-0.05, 0) is 12.1 Å². The first-order chi connectivity index (χ1) is 7.26. The number of thioether (sulfide) groups is 1. The molecule has 0 heterocycles. The van der Waals surface area contributed by atoms with Gasteiger partial charge in [0.05, 0.1) is 21.3 Å². The Balaban J connectivity index is 3.16. The number of hydrogen-bond donors (Lipinski definition) is 1. The van der Waals surface area contributed by atoms with Crippen molar-refractivity contribution in [1.29, 1.82) is 0 Å². The van der Waals surface area contributed by atoms with E-state index in [1.807, 2.05) is 12.1 Å². The van der Waals surface area contributed by atoms with Crippen LogP contribution in [0.4, 0.5) is 0 Å². The normalized spacial score (nSPS) is 9.87. The van der Waals surface area contributed by atoms with Crippen LogP contribution in [-0.4, -0.2) is 26.4 Å². The van der Waals surface area contributed by atoms with Crippen LogP contribution in [0, 0.1) is 0 Å². The molecule has 0 amide bonds. The fourth-order valence-electron chi connectivity index (χ4n) is 1.21. The molecule has 3 nitrogen and oxygen atoms in total. The summed E-state index contributed by atoms with van der Waals surface area (Å²) in [7, 11) is 4.80. The predicted molar refractivity (Wildman–Crippen MR) is 65.8 cm³/mol. The van der Waals surface area contributed by atoms with E-state index >= 15 is 0 Å². The molecule has 0 atom stereocenters. The topological polar surface area (TPSA) is 27.7 Å². The summed E-state index contributed by atoms with van der Waals surface area (Å²) >= 11 is 5.76. The van der Waals surface area contributed by atoms with Crippen LogP contribution < -0.4 is 14.2 Å². The maximum Gasteiger partial charge on any atom is 0.203 e. The van der Waals surface area contributed by atoms with E-state index in [4.69, 9.17) is 14.2 Å². The van der Waals surface area contributed by atoms with E-state index in [1.54, 1.807) is 33.1 Å². The summed E-state index contributed by atoms with van der Waals surface area (Å²) in [6.45, 7) is 0. The van der Waals surface area contributed by atoms with Gasteiger partial charge in [-0.1, -0.05) is 0 Å². The van der Waals surface area contributed by atoms with Crippen LogP contribution in [0.1, 0.15) is 0 Å². The lowest BCUT2D eigenvalue weighted by Crippen LogP contribution is -1.95. The second-order valence-corrected chi connectivity index (χ2v) is 4.43. The average Bonchev–Trinajstić information content (AvgIpc) is 2.28. The van der Waals surface area contributed by atoms with Crippen molar-refractivity contribution in [2.75, 3.05) is 26.4 Å². The molecule has 0 saturated carbocycles. The van der Waals surface area contributed by atoms with E-state index in [0.29, 0.717) is 22.3 Å². The number of rotatable bonds is 5. The maximum atomic E-state index is 5.22. The Hall–Kier alpha value is -0.680. The highest BCUT2D eigenvalue weighted by Crippen LogP contribution is 2.40. The van der Waals surface area contributed by atoms with Gasteiger partial charge in [-0.3, -0.25) is 0 Å². The number of methoxy groups -OCH3 is 3. The SMILES string of the molecule is COc1cc(SCS)cc(OC)c1OC.